The first-order valence-electron chi connectivity index (χ1n) is 13.6. The number of methoxy groups -OCH3 is 2. The number of hydrogen-bond donors (Lipinski definition) is 1. The lowest BCUT2D eigenvalue weighted by atomic mass is 9.73. The van der Waals surface area contributed by atoms with Gasteiger partial charge in [-0.25, -0.2) is 4.79 Å². The number of carbonyl (C=O) groups excluding carboxylic acids is 4. The minimum absolute atomic E-state index is 0.128. The summed E-state index contributed by atoms with van der Waals surface area (Å²) in [5.74, 6) is -0.870. The molecule has 5 atom stereocenters. The molecular formula is C32H30N2O7. The summed E-state index contributed by atoms with van der Waals surface area (Å²) in [7, 11) is 2.98. The van der Waals surface area contributed by atoms with Crippen molar-refractivity contribution in [3.8, 4) is 11.5 Å². The second-order valence-electron chi connectivity index (χ2n) is 10.7. The first-order chi connectivity index (χ1) is 19.9. The fraction of sp³-hybridized carbons (Fsp3) is 0.312. The highest BCUT2D eigenvalue weighted by Crippen LogP contribution is 2.61. The van der Waals surface area contributed by atoms with Crippen molar-refractivity contribution in [1.82, 2.24) is 0 Å². The molecule has 0 spiro atoms. The van der Waals surface area contributed by atoms with E-state index < -0.39 is 18.5 Å². The molecule has 3 fully saturated rings. The minimum atomic E-state index is -0.747. The van der Waals surface area contributed by atoms with Crippen molar-refractivity contribution < 1.29 is 33.4 Å². The molecule has 0 radical (unpaired) electrons. The summed E-state index contributed by atoms with van der Waals surface area (Å²) in [5.41, 5.74) is 2.06. The van der Waals surface area contributed by atoms with E-state index in [1.165, 1.54) is 36.8 Å². The molecule has 9 nitrogen and oxygen atoms in total. The largest absolute Gasteiger partial charge is 0.497 e. The Labute approximate surface area is 237 Å². The van der Waals surface area contributed by atoms with Gasteiger partial charge in [0.1, 0.15) is 11.5 Å². The van der Waals surface area contributed by atoms with Crippen LogP contribution in [0.1, 0.15) is 34.7 Å². The molecule has 2 bridgehead atoms. The number of anilines is 2. The van der Waals surface area contributed by atoms with E-state index >= 15 is 0 Å². The molecule has 1 heterocycles. The van der Waals surface area contributed by atoms with Crippen molar-refractivity contribution in [1.29, 1.82) is 0 Å². The van der Waals surface area contributed by atoms with Gasteiger partial charge < -0.3 is 19.5 Å². The molecule has 1 N–H and O–H groups in total. The minimum Gasteiger partial charge on any atom is -0.497 e. The number of carbonyl (C=O) groups is 4. The maximum atomic E-state index is 13.6. The second-order valence-corrected chi connectivity index (χ2v) is 10.7. The number of benzene rings is 3. The summed E-state index contributed by atoms with van der Waals surface area (Å²) in [4.78, 5) is 53.7. The number of rotatable bonds is 8. The highest BCUT2D eigenvalue weighted by atomic mass is 16.5. The van der Waals surface area contributed by atoms with Gasteiger partial charge in [-0.05, 0) is 66.5 Å². The molecule has 41 heavy (non-hydrogen) atoms. The average molecular weight is 555 g/mol. The van der Waals surface area contributed by atoms with E-state index in [-0.39, 0.29) is 47.0 Å². The molecular weight excluding hydrogens is 524 g/mol. The molecule has 3 aromatic rings. The normalized spacial score (nSPS) is 24.2. The lowest BCUT2D eigenvalue weighted by Crippen LogP contribution is -2.33. The number of ether oxygens (including phenoxy) is 3. The van der Waals surface area contributed by atoms with E-state index in [0.29, 0.717) is 22.9 Å². The molecule has 3 aliphatic rings. The molecule has 2 aliphatic carbocycles. The average Bonchev–Trinajstić information content (AvgIpc) is 3.67. The molecule has 6 rings (SSSR count). The van der Waals surface area contributed by atoms with Crippen molar-refractivity contribution in [2.75, 3.05) is 31.0 Å². The third kappa shape index (κ3) is 4.71. The zero-order valence-electron chi connectivity index (χ0n) is 22.7. The van der Waals surface area contributed by atoms with Crippen LogP contribution in [-0.4, -0.2) is 44.5 Å². The Morgan fingerprint density at radius 2 is 1.66 bits per heavy atom. The summed E-state index contributed by atoms with van der Waals surface area (Å²) in [6, 6.07) is 21.4. The Morgan fingerprint density at radius 3 is 2.41 bits per heavy atom. The Balaban J connectivity index is 1.13. The Bertz CT molecular complexity index is 1520. The van der Waals surface area contributed by atoms with Crippen LogP contribution in [0.4, 0.5) is 11.4 Å². The molecule has 0 aromatic heterocycles. The van der Waals surface area contributed by atoms with Crippen molar-refractivity contribution in [2.45, 2.75) is 18.8 Å². The third-order valence-corrected chi connectivity index (χ3v) is 8.60. The van der Waals surface area contributed by atoms with Crippen LogP contribution >= 0.6 is 0 Å². The first kappa shape index (κ1) is 26.6. The van der Waals surface area contributed by atoms with Gasteiger partial charge in [0, 0.05) is 6.07 Å². The standard InChI is InChI=1S/C32H30N2O7/c1-39-22-11-12-26(40-2)25(16-22)33-27(35)17-41-32(38)19-9-6-10-21(13-19)34-30(36)28-20-14-23(18-7-4-3-5-8-18)24(15-20)29(28)31(34)37/h3-13,16,20,23-24,28-29H,14-15,17H2,1-2H3,(H,33,35)/t20-,23+,24+,28+,29+/m0/s1. The Kier molecular flexibility index (Phi) is 6.95. The number of nitrogens with zero attached hydrogens (tertiary/aromatic N) is 1. The lowest BCUT2D eigenvalue weighted by molar-refractivity contribution is -0.123. The van der Waals surface area contributed by atoms with Gasteiger partial charge in [-0.2, -0.15) is 0 Å². The van der Waals surface area contributed by atoms with Crippen LogP contribution in [0.2, 0.25) is 0 Å². The molecule has 1 saturated heterocycles. The van der Waals surface area contributed by atoms with E-state index in [4.69, 9.17) is 14.2 Å². The summed E-state index contributed by atoms with van der Waals surface area (Å²) in [6.45, 7) is -0.542. The van der Waals surface area contributed by atoms with Crippen LogP contribution in [0.25, 0.3) is 0 Å². The summed E-state index contributed by atoms with van der Waals surface area (Å²) < 4.78 is 15.7. The lowest BCUT2D eigenvalue weighted by Gasteiger charge is -2.28. The number of imide groups is 1. The van der Waals surface area contributed by atoms with Crippen LogP contribution in [0.3, 0.4) is 0 Å². The van der Waals surface area contributed by atoms with Crippen molar-refractivity contribution in [3.05, 3.63) is 83.9 Å². The van der Waals surface area contributed by atoms with E-state index in [0.717, 1.165) is 12.8 Å². The zero-order valence-corrected chi connectivity index (χ0v) is 22.7. The van der Waals surface area contributed by atoms with Crippen LogP contribution in [0, 0.1) is 23.7 Å². The molecule has 2 saturated carbocycles. The van der Waals surface area contributed by atoms with Gasteiger partial charge in [-0.1, -0.05) is 36.4 Å². The van der Waals surface area contributed by atoms with Crippen LogP contribution < -0.4 is 19.7 Å². The number of amides is 3. The van der Waals surface area contributed by atoms with Crippen LogP contribution in [-0.2, 0) is 19.1 Å². The predicted octanol–water partition coefficient (Wildman–Crippen LogP) is 4.43. The number of fused-ring (bicyclic) bond motifs is 5. The summed E-state index contributed by atoms with van der Waals surface area (Å²) in [6.07, 6.45) is 1.79. The second kappa shape index (κ2) is 10.7. The Morgan fingerprint density at radius 1 is 0.878 bits per heavy atom. The van der Waals surface area contributed by atoms with Crippen molar-refractivity contribution >= 4 is 35.1 Å². The molecule has 9 heteroatoms. The topological polar surface area (TPSA) is 111 Å². The molecule has 0 unspecified atom stereocenters. The predicted molar refractivity (Wildman–Crippen MR) is 150 cm³/mol. The van der Waals surface area contributed by atoms with Gasteiger partial charge in [-0.15, -0.1) is 0 Å². The van der Waals surface area contributed by atoms with Gasteiger partial charge in [-0.3, -0.25) is 19.3 Å². The Hall–Kier alpha value is -4.66. The van der Waals surface area contributed by atoms with Crippen molar-refractivity contribution in [3.63, 3.8) is 0 Å². The SMILES string of the molecule is COc1ccc(OC)c(NC(=O)COC(=O)c2cccc(N3C(=O)[C@@H]4[C@@H]5C[C@@H]([C@H]4C3=O)[C@@H](c3ccccc3)C5)c2)c1. The third-order valence-electron chi connectivity index (χ3n) is 8.60. The molecule has 1 aliphatic heterocycles. The van der Waals surface area contributed by atoms with Gasteiger partial charge >= 0.3 is 5.97 Å². The van der Waals surface area contributed by atoms with Gasteiger partial charge in [0.05, 0.1) is 43.0 Å². The van der Waals surface area contributed by atoms with E-state index in [2.05, 4.69) is 17.4 Å². The molecule has 210 valence electrons. The first-order valence-corrected chi connectivity index (χ1v) is 13.6. The van der Waals surface area contributed by atoms with E-state index in [9.17, 15) is 19.2 Å². The fourth-order valence-corrected chi connectivity index (χ4v) is 6.88. The fourth-order valence-electron chi connectivity index (χ4n) is 6.88. The highest BCUT2D eigenvalue weighted by molar-refractivity contribution is 6.23. The number of hydrogen-bond acceptors (Lipinski definition) is 7. The monoisotopic (exact) mass is 554 g/mol. The van der Waals surface area contributed by atoms with Crippen LogP contribution in [0.5, 0.6) is 11.5 Å². The summed E-state index contributed by atoms with van der Waals surface area (Å²) in [5, 5.41) is 2.64. The van der Waals surface area contributed by atoms with E-state index in [1.807, 2.05) is 18.2 Å². The number of nitrogens with one attached hydrogen (secondary N) is 1. The maximum absolute atomic E-state index is 13.6. The van der Waals surface area contributed by atoms with Crippen molar-refractivity contribution in [2.24, 2.45) is 23.7 Å². The summed E-state index contributed by atoms with van der Waals surface area (Å²) >= 11 is 0. The van der Waals surface area contributed by atoms with Gasteiger partial charge in [0.15, 0.2) is 6.61 Å². The maximum Gasteiger partial charge on any atom is 0.338 e. The van der Waals surface area contributed by atoms with E-state index in [1.54, 1.807) is 30.3 Å². The zero-order chi connectivity index (χ0) is 28.7. The highest BCUT2D eigenvalue weighted by Gasteiger charge is 2.64. The van der Waals surface area contributed by atoms with Crippen LogP contribution in [0.15, 0.2) is 72.8 Å². The van der Waals surface area contributed by atoms with Gasteiger partial charge in [0.25, 0.3) is 5.91 Å². The molecule has 3 amide bonds. The van der Waals surface area contributed by atoms with Gasteiger partial charge in [0.2, 0.25) is 11.8 Å². The quantitative estimate of drug-likeness (QED) is 0.324. The number of esters is 1. The smallest absolute Gasteiger partial charge is 0.338 e. The molecule has 3 aromatic carbocycles.